The molecule has 0 spiro atoms. The Bertz CT molecular complexity index is 886. The molecule has 0 fully saturated rings. The first-order chi connectivity index (χ1) is 9.33. The van der Waals surface area contributed by atoms with E-state index in [1.807, 2.05) is 0 Å². The Morgan fingerprint density at radius 3 is 2.84 bits per heavy atom. The monoisotopic (exact) mass is 264 g/mol. The number of imidazole rings is 1. The van der Waals surface area contributed by atoms with Crippen LogP contribution in [0.1, 0.15) is 5.56 Å². The van der Waals surface area contributed by atoms with Crippen LogP contribution in [0, 0.1) is 6.92 Å². The zero-order valence-electron chi connectivity index (χ0n) is 10.5. The Labute approximate surface area is 114 Å². The van der Waals surface area contributed by atoms with Crippen molar-refractivity contribution in [2.24, 2.45) is 0 Å². The van der Waals surface area contributed by atoms with Crippen LogP contribution in [-0.4, -0.2) is 9.97 Å². The summed E-state index contributed by atoms with van der Waals surface area (Å²) in [7, 11) is 0. The van der Waals surface area contributed by atoms with E-state index in [-0.39, 0.29) is 0 Å². The molecule has 19 heavy (non-hydrogen) atoms. The number of hydrogen-bond acceptors (Lipinski definition) is 2. The second-order valence-corrected chi connectivity index (χ2v) is 5.61. The third-order valence-electron chi connectivity index (χ3n) is 3.45. The molecule has 2 aromatic carbocycles. The predicted molar refractivity (Wildman–Crippen MR) is 81.6 cm³/mol. The van der Waals surface area contributed by atoms with Gasteiger partial charge in [-0.15, -0.1) is 11.3 Å². The van der Waals surface area contributed by atoms with E-state index in [1.54, 1.807) is 11.3 Å². The largest absolute Gasteiger partial charge is 0.338 e. The second kappa shape index (κ2) is 3.93. The van der Waals surface area contributed by atoms with Gasteiger partial charge in [0.25, 0.3) is 0 Å². The van der Waals surface area contributed by atoms with E-state index in [2.05, 4.69) is 59.8 Å². The molecule has 4 rings (SSSR count). The molecule has 1 N–H and O–H groups in total. The maximum atomic E-state index is 4.76. The number of hydrogen-bond donors (Lipinski definition) is 1. The van der Waals surface area contributed by atoms with Gasteiger partial charge in [0.05, 0.1) is 11.0 Å². The van der Waals surface area contributed by atoms with Gasteiger partial charge >= 0.3 is 0 Å². The molecule has 0 saturated heterocycles. The number of rotatable bonds is 1. The summed E-state index contributed by atoms with van der Waals surface area (Å²) in [5.74, 6) is 0.960. The second-order valence-electron chi connectivity index (χ2n) is 4.70. The molecule has 0 bridgehead atoms. The molecule has 0 aliphatic heterocycles. The number of aromatic nitrogens is 2. The van der Waals surface area contributed by atoms with Crippen LogP contribution in [-0.2, 0) is 0 Å². The summed E-state index contributed by atoms with van der Waals surface area (Å²) < 4.78 is 1.30. The Hall–Kier alpha value is -2.13. The Morgan fingerprint density at radius 1 is 1.05 bits per heavy atom. The number of para-hydroxylation sites is 1. The first kappa shape index (κ1) is 10.8. The van der Waals surface area contributed by atoms with Gasteiger partial charge in [-0.2, -0.15) is 0 Å². The number of aromatic amines is 1. The molecule has 0 atom stereocenters. The molecule has 0 aliphatic rings. The summed E-state index contributed by atoms with van der Waals surface area (Å²) in [6.07, 6.45) is 0. The summed E-state index contributed by atoms with van der Waals surface area (Å²) in [5.41, 5.74) is 4.56. The summed E-state index contributed by atoms with van der Waals surface area (Å²) in [5, 5.41) is 3.45. The highest BCUT2D eigenvalue weighted by Crippen LogP contribution is 2.33. The van der Waals surface area contributed by atoms with Crippen LogP contribution in [0.5, 0.6) is 0 Å². The average Bonchev–Trinajstić information content (AvgIpc) is 3.02. The van der Waals surface area contributed by atoms with E-state index in [9.17, 15) is 0 Å². The van der Waals surface area contributed by atoms with Crippen LogP contribution >= 0.6 is 11.3 Å². The predicted octanol–water partition coefficient (Wildman–Crippen LogP) is 4.75. The molecule has 0 saturated carbocycles. The van der Waals surface area contributed by atoms with E-state index in [4.69, 9.17) is 4.98 Å². The third kappa shape index (κ3) is 1.59. The van der Waals surface area contributed by atoms with Crippen LogP contribution in [0.4, 0.5) is 0 Å². The number of fused-ring (bicyclic) bond motifs is 2. The number of aryl methyl sites for hydroxylation is 1. The van der Waals surface area contributed by atoms with E-state index >= 15 is 0 Å². The van der Waals surface area contributed by atoms with Crippen molar-refractivity contribution in [1.82, 2.24) is 9.97 Å². The molecule has 3 heteroatoms. The Morgan fingerprint density at radius 2 is 1.95 bits per heavy atom. The highest BCUT2D eigenvalue weighted by Gasteiger charge is 2.11. The number of thiophene rings is 1. The molecular weight excluding hydrogens is 252 g/mol. The van der Waals surface area contributed by atoms with E-state index in [0.717, 1.165) is 16.9 Å². The molecule has 0 radical (unpaired) electrons. The maximum absolute atomic E-state index is 4.76. The van der Waals surface area contributed by atoms with Gasteiger partial charge in [0.1, 0.15) is 5.82 Å². The lowest BCUT2D eigenvalue weighted by atomic mass is 10.2. The third-order valence-corrected chi connectivity index (χ3v) is 4.41. The first-order valence-electron chi connectivity index (χ1n) is 6.25. The van der Waals surface area contributed by atoms with E-state index in [0.29, 0.717) is 0 Å². The Kier molecular flexibility index (Phi) is 2.23. The highest BCUT2D eigenvalue weighted by atomic mass is 32.1. The molecule has 92 valence electrons. The number of nitrogens with one attached hydrogen (secondary N) is 1. The molecular formula is C16H12N2S. The summed E-state index contributed by atoms with van der Waals surface area (Å²) in [6.45, 7) is 2.10. The smallest absolute Gasteiger partial charge is 0.139 e. The summed E-state index contributed by atoms with van der Waals surface area (Å²) in [4.78, 5) is 8.18. The van der Waals surface area contributed by atoms with Gasteiger partial charge in [-0.1, -0.05) is 30.3 Å². The van der Waals surface area contributed by atoms with Gasteiger partial charge in [0.2, 0.25) is 0 Å². The fourth-order valence-electron chi connectivity index (χ4n) is 2.46. The first-order valence-corrected chi connectivity index (χ1v) is 7.13. The zero-order chi connectivity index (χ0) is 12.8. The van der Waals surface area contributed by atoms with Crippen molar-refractivity contribution >= 4 is 32.5 Å². The normalized spacial score (nSPS) is 11.4. The molecule has 4 aromatic rings. The lowest BCUT2D eigenvalue weighted by Gasteiger charge is -1.93. The summed E-state index contributed by atoms with van der Waals surface area (Å²) in [6, 6.07) is 14.7. The standard InChI is InChI=1S/C16H12N2S/c1-10-5-4-7-13-15(10)18-16(17-13)12-9-19-14-8-3-2-6-11(12)14/h2-9H,1H3,(H,17,18). The van der Waals surface area contributed by atoms with Crippen LogP contribution < -0.4 is 0 Å². The van der Waals surface area contributed by atoms with E-state index in [1.165, 1.54) is 21.2 Å². The van der Waals surface area contributed by atoms with Gasteiger partial charge in [-0.25, -0.2) is 4.98 Å². The number of nitrogens with zero attached hydrogens (tertiary/aromatic N) is 1. The van der Waals surface area contributed by atoms with Gasteiger partial charge in [-0.05, 0) is 24.6 Å². The summed E-state index contributed by atoms with van der Waals surface area (Å²) >= 11 is 1.76. The SMILES string of the molecule is Cc1cccc2[nH]c(-c3csc4ccccc34)nc12. The lowest BCUT2D eigenvalue weighted by molar-refractivity contribution is 1.34. The fourth-order valence-corrected chi connectivity index (χ4v) is 3.41. The fraction of sp³-hybridized carbons (Fsp3) is 0.0625. The van der Waals surface area contributed by atoms with Gasteiger partial charge in [-0.3, -0.25) is 0 Å². The molecule has 2 aromatic heterocycles. The Balaban J connectivity index is 2.02. The number of H-pyrrole nitrogens is 1. The van der Waals surface area contributed by atoms with Crippen molar-refractivity contribution in [3.05, 3.63) is 53.4 Å². The highest BCUT2D eigenvalue weighted by molar-refractivity contribution is 7.17. The molecule has 0 amide bonds. The van der Waals surface area contributed by atoms with Gasteiger partial charge in [0, 0.05) is 21.0 Å². The quantitative estimate of drug-likeness (QED) is 0.528. The maximum Gasteiger partial charge on any atom is 0.139 e. The van der Waals surface area contributed by atoms with Crippen molar-refractivity contribution in [3.63, 3.8) is 0 Å². The van der Waals surface area contributed by atoms with Crippen LogP contribution in [0.2, 0.25) is 0 Å². The van der Waals surface area contributed by atoms with Gasteiger partial charge in [0.15, 0.2) is 0 Å². The van der Waals surface area contributed by atoms with Crippen molar-refractivity contribution in [2.75, 3.05) is 0 Å². The molecule has 2 heterocycles. The van der Waals surface area contributed by atoms with E-state index < -0.39 is 0 Å². The molecule has 2 nitrogen and oxygen atoms in total. The van der Waals surface area contributed by atoms with Crippen molar-refractivity contribution in [3.8, 4) is 11.4 Å². The minimum atomic E-state index is 0.960. The van der Waals surface area contributed by atoms with Crippen molar-refractivity contribution < 1.29 is 0 Å². The average molecular weight is 264 g/mol. The minimum absolute atomic E-state index is 0.960. The van der Waals surface area contributed by atoms with Gasteiger partial charge < -0.3 is 4.98 Å². The molecule has 0 aliphatic carbocycles. The molecule has 0 unspecified atom stereocenters. The van der Waals surface area contributed by atoms with Crippen LogP contribution in [0.3, 0.4) is 0 Å². The van der Waals surface area contributed by atoms with Crippen LogP contribution in [0.25, 0.3) is 32.5 Å². The number of benzene rings is 2. The minimum Gasteiger partial charge on any atom is -0.338 e. The van der Waals surface area contributed by atoms with Crippen molar-refractivity contribution in [2.45, 2.75) is 6.92 Å². The van der Waals surface area contributed by atoms with Crippen molar-refractivity contribution in [1.29, 1.82) is 0 Å². The zero-order valence-corrected chi connectivity index (χ0v) is 11.3. The topological polar surface area (TPSA) is 28.7 Å². The van der Waals surface area contributed by atoms with Crippen LogP contribution in [0.15, 0.2) is 47.8 Å². The lowest BCUT2D eigenvalue weighted by Crippen LogP contribution is -1.77.